The number of hydrogen-bond acceptors (Lipinski definition) is 3. The molecule has 0 aliphatic carbocycles. The monoisotopic (exact) mass is 253 g/mol. The standard InChI is InChI=1S/C9H19NO5S/c1-4-9(11)15-8-6-7-10(3)16(12,13,14)5-2/h4H,1,5-8H2,2-3H3,(H2,12,13,14). The molecule has 16 heavy (non-hydrogen) atoms. The minimum atomic E-state index is -4.66. The van der Waals surface area contributed by atoms with Gasteiger partial charge in [-0.2, -0.15) is 0 Å². The van der Waals surface area contributed by atoms with Gasteiger partial charge in [0.25, 0.3) is 0 Å². The van der Waals surface area contributed by atoms with Crippen molar-refractivity contribution in [2.75, 3.05) is 26.0 Å². The van der Waals surface area contributed by atoms with Gasteiger partial charge in [0, 0.05) is 19.7 Å². The van der Waals surface area contributed by atoms with Gasteiger partial charge in [0.05, 0.1) is 12.4 Å². The lowest BCUT2D eigenvalue weighted by atomic mass is 10.4. The molecule has 0 aromatic carbocycles. The number of esters is 1. The average Bonchev–Trinajstić information content (AvgIpc) is 2.23. The first-order valence-electron chi connectivity index (χ1n) is 4.87. The van der Waals surface area contributed by atoms with Crippen LogP contribution in [0.25, 0.3) is 0 Å². The van der Waals surface area contributed by atoms with E-state index < -0.39 is 15.8 Å². The number of hydrogen-bond donors (Lipinski definition) is 2. The molecule has 0 rings (SSSR count). The van der Waals surface area contributed by atoms with Gasteiger partial charge in [0.15, 0.2) is 0 Å². The fraction of sp³-hybridized carbons (Fsp3) is 0.667. The third-order valence-electron chi connectivity index (χ3n) is 2.16. The van der Waals surface area contributed by atoms with Crippen LogP contribution in [0, 0.1) is 0 Å². The summed E-state index contributed by atoms with van der Waals surface area (Å²) in [6.07, 6.45) is 1.39. The van der Waals surface area contributed by atoms with E-state index in [-0.39, 0.29) is 18.9 Å². The summed E-state index contributed by atoms with van der Waals surface area (Å²) in [5.41, 5.74) is 0. The zero-order chi connectivity index (χ0) is 12.8. The Morgan fingerprint density at radius 2 is 2.12 bits per heavy atom. The van der Waals surface area contributed by atoms with Crippen LogP contribution >= 0.6 is 0 Å². The van der Waals surface area contributed by atoms with Gasteiger partial charge in [-0.05, 0) is 13.3 Å². The zero-order valence-electron chi connectivity index (χ0n) is 9.59. The van der Waals surface area contributed by atoms with Gasteiger partial charge in [-0.1, -0.05) is 6.58 Å². The summed E-state index contributed by atoms with van der Waals surface area (Å²) in [7, 11) is -3.32. The van der Waals surface area contributed by atoms with E-state index >= 15 is 0 Å². The van der Waals surface area contributed by atoms with E-state index in [4.69, 9.17) is 0 Å². The Bertz CT molecular complexity index is 322. The van der Waals surface area contributed by atoms with Gasteiger partial charge in [0.2, 0.25) is 0 Å². The normalized spacial score (nSPS) is 14.2. The van der Waals surface area contributed by atoms with Crippen LogP contribution in [0.5, 0.6) is 0 Å². The number of ether oxygens (including phenoxy) is 1. The van der Waals surface area contributed by atoms with E-state index in [1.165, 1.54) is 14.0 Å². The molecule has 0 saturated carbocycles. The van der Waals surface area contributed by atoms with Crippen molar-refractivity contribution in [3.8, 4) is 0 Å². The van der Waals surface area contributed by atoms with Crippen LogP contribution < -0.4 is 0 Å². The third-order valence-corrected chi connectivity index (χ3v) is 4.61. The Morgan fingerprint density at radius 3 is 2.56 bits per heavy atom. The molecule has 0 bridgehead atoms. The Kier molecular flexibility index (Phi) is 5.27. The van der Waals surface area contributed by atoms with Crippen molar-refractivity contribution in [2.24, 2.45) is 0 Å². The summed E-state index contributed by atoms with van der Waals surface area (Å²) < 4.78 is 36.1. The van der Waals surface area contributed by atoms with Crippen molar-refractivity contribution in [3.63, 3.8) is 0 Å². The number of nitrogens with zero attached hydrogens (tertiary/aromatic N) is 1. The summed E-state index contributed by atoms with van der Waals surface area (Å²) in [5.74, 6) is -0.802. The molecule has 0 radical (unpaired) electrons. The largest absolute Gasteiger partial charge is 0.462 e. The van der Waals surface area contributed by atoms with Crippen LogP contribution in [0.2, 0.25) is 0 Å². The minimum Gasteiger partial charge on any atom is -0.462 e. The van der Waals surface area contributed by atoms with Gasteiger partial charge in [-0.15, -0.1) is 0 Å². The highest BCUT2D eigenvalue weighted by atomic mass is 32.3. The lowest BCUT2D eigenvalue weighted by Crippen LogP contribution is -2.50. The highest BCUT2D eigenvalue weighted by molar-refractivity contribution is 8.08. The van der Waals surface area contributed by atoms with Crippen LogP contribution in [-0.2, 0) is 19.3 Å². The van der Waals surface area contributed by atoms with E-state index in [0.717, 1.165) is 10.4 Å². The fourth-order valence-electron chi connectivity index (χ4n) is 0.923. The Labute approximate surface area is 95.5 Å². The van der Waals surface area contributed by atoms with Crippen LogP contribution in [0.15, 0.2) is 12.7 Å². The first-order chi connectivity index (χ1) is 7.21. The first-order valence-corrected chi connectivity index (χ1v) is 6.87. The lowest BCUT2D eigenvalue weighted by Gasteiger charge is -2.38. The molecule has 0 spiro atoms. The van der Waals surface area contributed by atoms with Gasteiger partial charge >= 0.3 is 5.97 Å². The highest BCUT2D eigenvalue weighted by Gasteiger charge is 2.32. The second-order valence-electron chi connectivity index (χ2n) is 3.34. The molecule has 0 amide bonds. The molecule has 0 aromatic rings. The molecule has 0 unspecified atom stereocenters. The van der Waals surface area contributed by atoms with E-state index in [2.05, 4.69) is 11.3 Å². The summed E-state index contributed by atoms with van der Waals surface area (Å²) in [5, 5.41) is 0. The molecule has 96 valence electrons. The number of rotatable bonds is 7. The fourth-order valence-corrected chi connectivity index (χ4v) is 1.86. The van der Waals surface area contributed by atoms with Crippen LogP contribution in [0.3, 0.4) is 0 Å². The topological polar surface area (TPSA) is 87.1 Å². The van der Waals surface area contributed by atoms with Gasteiger partial charge in [-0.3, -0.25) is 9.11 Å². The SMILES string of the molecule is C=CC(=O)OCCCN(C)S(=O)(O)(O)CC. The summed E-state index contributed by atoms with van der Waals surface area (Å²) in [4.78, 5) is 10.7. The van der Waals surface area contributed by atoms with E-state index in [0.29, 0.717) is 6.42 Å². The molecular formula is C9H19NO5S. The molecule has 7 heteroatoms. The van der Waals surface area contributed by atoms with Crippen LogP contribution in [0.1, 0.15) is 13.3 Å². The van der Waals surface area contributed by atoms with E-state index in [9.17, 15) is 18.1 Å². The highest BCUT2D eigenvalue weighted by Crippen LogP contribution is 2.20. The molecular weight excluding hydrogens is 234 g/mol. The summed E-state index contributed by atoms with van der Waals surface area (Å²) in [6.45, 7) is 4.91. The maximum Gasteiger partial charge on any atom is 0.330 e. The van der Waals surface area contributed by atoms with Crippen molar-refractivity contribution in [1.29, 1.82) is 0 Å². The predicted octanol–water partition coefficient (Wildman–Crippen LogP) is 0.738. The van der Waals surface area contributed by atoms with Crippen molar-refractivity contribution < 1.29 is 22.8 Å². The molecule has 0 fully saturated rings. The summed E-state index contributed by atoms with van der Waals surface area (Å²) >= 11 is 0. The molecule has 6 nitrogen and oxygen atoms in total. The second kappa shape index (κ2) is 5.53. The third kappa shape index (κ3) is 4.84. The molecule has 0 heterocycles. The van der Waals surface area contributed by atoms with E-state index in [1.807, 2.05) is 0 Å². The Morgan fingerprint density at radius 1 is 1.56 bits per heavy atom. The first kappa shape index (κ1) is 15.2. The average molecular weight is 253 g/mol. The van der Waals surface area contributed by atoms with Crippen LogP contribution in [-0.4, -0.2) is 49.5 Å². The summed E-state index contributed by atoms with van der Waals surface area (Å²) in [6, 6.07) is 0. The molecule has 0 saturated heterocycles. The Hall–Kier alpha value is -0.760. The maximum absolute atomic E-state index is 11.6. The molecule has 0 aliphatic rings. The molecule has 2 N–H and O–H groups in total. The zero-order valence-corrected chi connectivity index (χ0v) is 10.4. The smallest absolute Gasteiger partial charge is 0.330 e. The number of carbonyl (C=O) groups is 1. The van der Waals surface area contributed by atoms with Gasteiger partial charge in [-0.25, -0.2) is 13.3 Å². The molecule has 0 aromatic heterocycles. The second-order valence-corrected chi connectivity index (χ2v) is 6.49. The Balaban J connectivity index is 4.00. The molecule has 0 atom stereocenters. The van der Waals surface area contributed by atoms with Crippen molar-refractivity contribution in [3.05, 3.63) is 12.7 Å². The van der Waals surface area contributed by atoms with E-state index in [1.54, 1.807) is 0 Å². The van der Waals surface area contributed by atoms with Gasteiger partial charge in [0.1, 0.15) is 9.81 Å². The predicted molar refractivity (Wildman–Crippen MR) is 62.3 cm³/mol. The van der Waals surface area contributed by atoms with Crippen LogP contribution in [0.4, 0.5) is 0 Å². The maximum atomic E-state index is 11.6. The van der Waals surface area contributed by atoms with Crippen molar-refractivity contribution in [2.45, 2.75) is 13.3 Å². The minimum absolute atomic E-state index is 0.113. The van der Waals surface area contributed by atoms with Gasteiger partial charge < -0.3 is 4.74 Å². The quantitative estimate of drug-likeness (QED) is 0.397. The van der Waals surface area contributed by atoms with Crippen molar-refractivity contribution in [1.82, 2.24) is 4.31 Å². The number of carbonyl (C=O) groups excluding carboxylic acids is 1. The lowest BCUT2D eigenvalue weighted by molar-refractivity contribution is -0.137. The molecule has 0 aliphatic heterocycles. The van der Waals surface area contributed by atoms with Crippen molar-refractivity contribution >= 4 is 15.8 Å².